The van der Waals surface area contributed by atoms with Crippen molar-refractivity contribution >= 4 is 56.6 Å². The summed E-state index contributed by atoms with van der Waals surface area (Å²) < 4.78 is 2.61. The van der Waals surface area contributed by atoms with Crippen LogP contribution in [-0.4, -0.2) is 26.2 Å². The van der Waals surface area contributed by atoms with Crippen molar-refractivity contribution < 1.29 is 0 Å². The van der Waals surface area contributed by atoms with Gasteiger partial charge >= 0.3 is 0 Å². The van der Waals surface area contributed by atoms with Crippen LogP contribution in [-0.2, 0) is 0 Å². The maximum absolute atomic E-state index is 2.48. The Morgan fingerprint density at radius 2 is 1.05 bits per heavy atom. The zero-order chi connectivity index (χ0) is 13.9. The van der Waals surface area contributed by atoms with E-state index in [0.29, 0.717) is 0 Å². The van der Waals surface area contributed by atoms with E-state index in [1.807, 2.05) is 0 Å². The van der Waals surface area contributed by atoms with Gasteiger partial charge in [-0.2, -0.15) is 0 Å². The molecule has 1 saturated heterocycles. The molecule has 0 aliphatic carbocycles. The Morgan fingerprint density at radius 1 is 0.650 bits per heavy atom. The van der Waals surface area contributed by atoms with Crippen LogP contribution >= 0.6 is 45.2 Å². The van der Waals surface area contributed by atoms with Crippen LogP contribution in [0.5, 0.6) is 0 Å². The molecular weight excluding hydrogens is 474 g/mol. The summed E-state index contributed by atoms with van der Waals surface area (Å²) in [6.07, 6.45) is 0. The molecule has 104 valence electrons. The summed E-state index contributed by atoms with van der Waals surface area (Å²) in [7, 11) is 0. The van der Waals surface area contributed by atoms with Crippen molar-refractivity contribution in [2.24, 2.45) is 0 Å². The van der Waals surface area contributed by atoms with Crippen LogP contribution in [0.3, 0.4) is 0 Å². The highest BCUT2D eigenvalue weighted by Gasteiger charge is 2.17. The second-order valence-corrected chi connectivity index (χ2v) is 7.43. The first kappa shape index (κ1) is 14.4. The number of halogens is 2. The number of hydrogen-bond donors (Lipinski definition) is 0. The quantitative estimate of drug-likeness (QED) is 0.583. The smallest absolute Gasteiger partial charge is 0.0378 e. The molecule has 3 rings (SSSR count). The molecule has 0 radical (unpaired) electrons. The van der Waals surface area contributed by atoms with Crippen LogP contribution in [0, 0.1) is 7.14 Å². The summed E-state index contributed by atoms with van der Waals surface area (Å²) in [5, 5.41) is 0. The SMILES string of the molecule is Ic1cccc(N2CCN(c3cccc(I)c3)CC2)c1. The normalized spacial score (nSPS) is 15.5. The van der Waals surface area contributed by atoms with Crippen molar-refractivity contribution in [3.05, 3.63) is 55.7 Å². The predicted octanol–water partition coefficient (Wildman–Crippen LogP) is 4.22. The van der Waals surface area contributed by atoms with E-state index in [9.17, 15) is 0 Å². The van der Waals surface area contributed by atoms with Crippen LogP contribution in [0.2, 0.25) is 0 Å². The van der Waals surface area contributed by atoms with Gasteiger partial charge < -0.3 is 9.80 Å². The lowest BCUT2D eigenvalue weighted by Gasteiger charge is -2.37. The van der Waals surface area contributed by atoms with Gasteiger partial charge in [0.15, 0.2) is 0 Å². The van der Waals surface area contributed by atoms with Gasteiger partial charge in [-0.05, 0) is 81.6 Å². The maximum atomic E-state index is 2.48. The van der Waals surface area contributed by atoms with Crippen molar-refractivity contribution in [1.82, 2.24) is 0 Å². The van der Waals surface area contributed by atoms with Crippen molar-refractivity contribution in [2.75, 3.05) is 36.0 Å². The zero-order valence-corrected chi connectivity index (χ0v) is 15.4. The van der Waals surface area contributed by atoms with E-state index in [-0.39, 0.29) is 0 Å². The van der Waals surface area contributed by atoms with Crippen molar-refractivity contribution in [3.63, 3.8) is 0 Å². The number of nitrogens with zero attached hydrogens (tertiary/aromatic N) is 2. The maximum Gasteiger partial charge on any atom is 0.0378 e. The second-order valence-electron chi connectivity index (χ2n) is 4.93. The zero-order valence-electron chi connectivity index (χ0n) is 11.1. The summed E-state index contributed by atoms with van der Waals surface area (Å²) in [5.74, 6) is 0. The van der Waals surface area contributed by atoms with Crippen LogP contribution < -0.4 is 9.80 Å². The highest BCUT2D eigenvalue weighted by Crippen LogP contribution is 2.23. The molecule has 0 unspecified atom stereocenters. The molecular formula is C16H16I2N2. The first-order chi connectivity index (χ1) is 9.72. The van der Waals surface area contributed by atoms with Crippen LogP contribution in [0.25, 0.3) is 0 Å². The number of hydrogen-bond acceptors (Lipinski definition) is 2. The molecule has 1 fully saturated rings. The number of benzene rings is 2. The molecule has 1 aliphatic rings. The van der Waals surface area contributed by atoms with Gasteiger partial charge in [-0.15, -0.1) is 0 Å². The predicted molar refractivity (Wildman–Crippen MR) is 103 cm³/mol. The van der Waals surface area contributed by atoms with Gasteiger partial charge in [0.05, 0.1) is 0 Å². The van der Waals surface area contributed by atoms with Gasteiger partial charge in [0.1, 0.15) is 0 Å². The average Bonchev–Trinajstić information content (AvgIpc) is 2.47. The van der Waals surface area contributed by atoms with E-state index >= 15 is 0 Å². The molecule has 0 spiro atoms. The lowest BCUT2D eigenvalue weighted by Crippen LogP contribution is -2.46. The standard InChI is InChI=1S/C16H16I2N2/c17-13-3-1-5-15(11-13)19-7-9-20(10-8-19)16-6-2-4-14(18)12-16/h1-6,11-12H,7-10H2. The Kier molecular flexibility index (Phi) is 4.70. The first-order valence-corrected chi connectivity index (χ1v) is 8.89. The Bertz CT molecular complexity index is 539. The highest BCUT2D eigenvalue weighted by atomic mass is 127. The molecule has 2 nitrogen and oxygen atoms in total. The molecule has 0 aromatic heterocycles. The average molecular weight is 490 g/mol. The van der Waals surface area contributed by atoms with Crippen LogP contribution in [0.4, 0.5) is 11.4 Å². The third-order valence-corrected chi connectivity index (χ3v) is 4.97. The van der Waals surface area contributed by atoms with Gasteiger partial charge in [-0.3, -0.25) is 0 Å². The van der Waals surface area contributed by atoms with E-state index < -0.39 is 0 Å². The fourth-order valence-electron chi connectivity index (χ4n) is 2.57. The molecule has 0 saturated carbocycles. The Labute approximate surface area is 147 Å². The molecule has 1 heterocycles. The lowest BCUT2D eigenvalue weighted by atomic mass is 10.2. The van der Waals surface area contributed by atoms with Crippen molar-refractivity contribution in [3.8, 4) is 0 Å². The van der Waals surface area contributed by atoms with Gasteiger partial charge in [0, 0.05) is 44.7 Å². The monoisotopic (exact) mass is 490 g/mol. The second kappa shape index (κ2) is 6.51. The van der Waals surface area contributed by atoms with Crippen molar-refractivity contribution in [2.45, 2.75) is 0 Å². The Hall–Kier alpha value is -0.500. The number of anilines is 2. The van der Waals surface area contributed by atoms with E-state index in [2.05, 4.69) is 104 Å². The minimum absolute atomic E-state index is 1.09. The van der Waals surface area contributed by atoms with E-state index in [1.54, 1.807) is 0 Å². The molecule has 0 atom stereocenters. The van der Waals surface area contributed by atoms with E-state index in [4.69, 9.17) is 0 Å². The molecule has 2 aromatic carbocycles. The summed E-state index contributed by atoms with van der Waals surface area (Å²) in [5.41, 5.74) is 2.69. The highest BCUT2D eigenvalue weighted by molar-refractivity contribution is 14.1. The summed E-state index contributed by atoms with van der Waals surface area (Å²) in [6, 6.07) is 17.5. The van der Waals surface area contributed by atoms with E-state index in [0.717, 1.165) is 26.2 Å². The largest absolute Gasteiger partial charge is 0.368 e. The van der Waals surface area contributed by atoms with E-state index in [1.165, 1.54) is 18.5 Å². The van der Waals surface area contributed by atoms with Crippen LogP contribution in [0.1, 0.15) is 0 Å². The minimum Gasteiger partial charge on any atom is -0.368 e. The molecule has 4 heteroatoms. The molecule has 0 bridgehead atoms. The fraction of sp³-hybridized carbons (Fsp3) is 0.250. The topological polar surface area (TPSA) is 6.48 Å². The summed E-state index contributed by atoms with van der Waals surface area (Å²) >= 11 is 4.76. The van der Waals surface area contributed by atoms with Gasteiger partial charge in [0.2, 0.25) is 0 Å². The van der Waals surface area contributed by atoms with Gasteiger partial charge in [-0.1, -0.05) is 12.1 Å². The lowest BCUT2D eigenvalue weighted by molar-refractivity contribution is 0.653. The fourth-order valence-corrected chi connectivity index (χ4v) is 3.62. The number of piperazine rings is 1. The van der Waals surface area contributed by atoms with Crippen LogP contribution in [0.15, 0.2) is 48.5 Å². The van der Waals surface area contributed by atoms with Gasteiger partial charge in [-0.25, -0.2) is 0 Å². The first-order valence-electron chi connectivity index (χ1n) is 6.73. The minimum atomic E-state index is 1.09. The Balaban J connectivity index is 1.68. The summed E-state index contributed by atoms with van der Waals surface area (Å²) in [6.45, 7) is 4.36. The molecule has 0 amide bonds. The van der Waals surface area contributed by atoms with Gasteiger partial charge in [0.25, 0.3) is 0 Å². The number of rotatable bonds is 2. The summed E-state index contributed by atoms with van der Waals surface area (Å²) in [4.78, 5) is 4.96. The molecule has 0 N–H and O–H groups in total. The van der Waals surface area contributed by atoms with Crippen molar-refractivity contribution in [1.29, 1.82) is 0 Å². The third kappa shape index (κ3) is 3.39. The third-order valence-electron chi connectivity index (χ3n) is 3.63. The Morgan fingerprint density at radius 3 is 1.40 bits per heavy atom. The molecule has 1 aliphatic heterocycles. The molecule has 20 heavy (non-hydrogen) atoms. The molecule has 2 aromatic rings.